The third kappa shape index (κ3) is 3.93. The fourth-order valence-corrected chi connectivity index (χ4v) is 3.25. The lowest BCUT2D eigenvalue weighted by Gasteiger charge is -2.11. The van der Waals surface area contributed by atoms with Gasteiger partial charge in [0.1, 0.15) is 0 Å². The van der Waals surface area contributed by atoms with Crippen LogP contribution in [-0.2, 0) is 6.54 Å². The van der Waals surface area contributed by atoms with Gasteiger partial charge in [0.05, 0.1) is 12.0 Å². The van der Waals surface area contributed by atoms with Gasteiger partial charge in [-0.25, -0.2) is 9.78 Å². The molecule has 3 amide bonds. The first-order valence-electron chi connectivity index (χ1n) is 9.20. The van der Waals surface area contributed by atoms with Crippen molar-refractivity contribution >= 4 is 34.1 Å². The topological polar surface area (TPSA) is 122 Å². The molecule has 0 atom stereocenters. The smallest absolute Gasteiger partial charge is 0.323 e. The van der Waals surface area contributed by atoms with E-state index in [9.17, 15) is 14.7 Å². The van der Waals surface area contributed by atoms with Crippen LogP contribution in [0.1, 0.15) is 16.1 Å². The minimum atomic E-state index is -0.756. The average Bonchev–Trinajstić information content (AvgIpc) is 3.10. The molecular formula is C22H19N5O3. The molecule has 0 aliphatic carbocycles. The summed E-state index contributed by atoms with van der Waals surface area (Å²) in [7, 11) is 0. The molecule has 0 aliphatic rings. The highest BCUT2D eigenvalue weighted by molar-refractivity contribution is 6.06. The number of amides is 3. The molecule has 8 heteroatoms. The first-order chi connectivity index (χ1) is 14.5. The third-order valence-corrected chi connectivity index (χ3v) is 4.65. The first kappa shape index (κ1) is 19.0. The molecule has 1 aromatic heterocycles. The maximum atomic E-state index is 12.4. The SMILES string of the molecule is NC(=O)c1c(O)ncn1Cc1ccc(NC(=O)Nc2cccc3ccccc23)cc1. The Hall–Kier alpha value is -4.33. The van der Waals surface area contributed by atoms with E-state index < -0.39 is 11.8 Å². The molecule has 1 heterocycles. The number of hydrogen-bond donors (Lipinski definition) is 4. The molecule has 4 rings (SSSR count). The zero-order chi connectivity index (χ0) is 21.1. The Balaban J connectivity index is 1.43. The number of primary amides is 1. The van der Waals surface area contributed by atoms with E-state index in [4.69, 9.17) is 5.73 Å². The second-order valence-corrected chi connectivity index (χ2v) is 6.71. The Morgan fingerprint density at radius 2 is 1.70 bits per heavy atom. The number of anilines is 2. The van der Waals surface area contributed by atoms with Gasteiger partial charge < -0.3 is 26.0 Å². The van der Waals surface area contributed by atoms with Gasteiger partial charge in [-0.1, -0.05) is 48.5 Å². The lowest BCUT2D eigenvalue weighted by Crippen LogP contribution is -2.19. The highest BCUT2D eigenvalue weighted by Gasteiger charge is 2.15. The molecule has 0 unspecified atom stereocenters. The van der Waals surface area contributed by atoms with E-state index in [2.05, 4.69) is 15.6 Å². The number of rotatable bonds is 5. The monoisotopic (exact) mass is 401 g/mol. The van der Waals surface area contributed by atoms with Crippen LogP contribution < -0.4 is 16.4 Å². The quantitative estimate of drug-likeness (QED) is 0.408. The largest absolute Gasteiger partial charge is 0.492 e. The van der Waals surface area contributed by atoms with Gasteiger partial charge in [-0.05, 0) is 29.1 Å². The van der Waals surface area contributed by atoms with E-state index in [0.717, 1.165) is 22.0 Å². The van der Waals surface area contributed by atoms with Gasteiger partial charge in [0.15, 0.2) is 5.69 Å². The Labute approximate surface area is 172 Å². The summed E-state index contributed by atoms with van der Waals surface area (Å²) in [5, 5.41) is 17.3. The molecule has 0 saturated carbocycles. The van der Waals surface area contributed by atoms with Crippen molar-refractivity contribution in [1.82, 2.24) is 9.55 Å². The number of aromatic nitrogens is 2. The molecule has 8 nitrogen and oxygen atoms in total. The van der Waals surface area contributed by atoms with Crippen molar-refractivity contribution in [1.29, 1.82) is 0 Å². The second-order valence-electron chi connectivity index (χ2n) is 6.71. The number of aromatic hydroxyl groups is 1. The molecule has 3 aromatic carbocycles. The number of urea groups is 1. The lowest BCUT2D eigenvalue weighted by atomic mass is 10.1. The molecule has 0 fully saturated rings. The van der Waals surface area contributed by atoms with Gasteiger partial charge in [0.25, 0.3) is 5.91 Å². The van der Waals surface area contributed by atoms with Gasteiger partial charge in [0.2, 0.25) is 5.88 Å². The number of imidazole rings is 1. The molecule has 0 aliphatic heterocycles. The van der Waals surface area contributed by atoms with Crippen LogP contribution in [0, 0.1) is 0 Å². The van der Waals surface area contributed by atoms with Crippen molar-refractivity contribution in [2.45, 2.75) is 6.54 Å². The number of hydrogen-bond acceptors (Lipinski definition) is 4. The summed E-state index contributed by atoms with van der Waals surface area (Å²) in [6, 6.07) is 20.3. The predicted octanol–water partition coefficient (Wildman–Crippen LogP) is 3.53. The van der Waals surface area contributed by atoms with Crippen LogP contribution in [0.5, 0.6) is 5.88 Å². The van der Waals surface area contributed by atoms with Crippen LogP contribution in [-0.4, -0.2) is 26.6 Å². The highest BCUT2D eigenvalue weighted by atomic mass is 16.3. The second kappa shape index (κ2) is 7.96. The van der Waals surface area contributed by atoms with Gasteiger partial charge in [-0.15, -0.1) is 0 Å². The van der Waals surface area contributed by atoms with Crippen molar-refractivity contribution in [3.05, 3.63) is 84.3 Å². The van der Waals surface area contributed by atoms with Gasteiger partial charge in [-0.3, -0.25) is 4.79 Å². The van der Waals surface area contributed by atoms with Crippen LogP contribution in [0.3, 0.4) is 0 Å². The predicted molar refractivity (Wildman–Crippen MR) is 115 cm³/mol. The minimum absolute atomic E-state index is 0.0494. The Kier molecular flexibility index (Phi) is 5.04. The fourth-order valence-electron chi connectivity index (χ4n) is 3.25. The maximum Gasteiger partial charge on any atom is 0.323 e. The third-order valence-electron chi connectivity index (χ3n) is 4.65. The molecular weight excluding hydrogens is 382 g/mol. The number of nitrogens with one attached hydrogen (secondary N) is 2. The van der Waals surface area contributed by atoms with E-state index in [1.54, 1.807) is 24.3 Å². The van der Waals surface area contributed by atoms with Crippen LogP contribution in [0.25, 0.3) is 10.8 Å². The fraction of sp³-hybridized carbons (Fsp3) is 0.0455. The minimum Gasteiger partial charge on any atom is -0.492 e. The molecule has 30 heavy (non-hydrogen) atoms. The van der Waals surface area contributed by atoms with Gasteiger partial charge in [0, 0.05) is 17.6 Å². The van der Waals surface area contributed by atoms with Crippen LogP contribution in [0.15, 0.2) is 73.1 Å². The van der Waals surface area contributed by atoms with E-state index in [0.29, 0.717) is 12.2 Å². The van der Waals surface area contributed by atoms with Crippen molar-refractivity contribution in [3.8, 4) is 5.88 Å². The van der Waals surface area contributed by atoms with E-state index in [-0.39, 0.29) is 11.7 Å². The van der Waals surface area contributed by atoms with E-state index >= 15 is 0 Å². The molecule has 0 spiro atoms. The molecule has 0 bridgehead atoms. The number of nitrogens with two attached hydrogens (primary N) is 1. The molecule has 4 aromatic rings. The average molecular weight is 401 g/mol. The maximum absolute atomic E-state index is 12.4. The van der Waals surface area contributed by atoms with Crippen LogP contribution >= 0.6 is 0 Å². The first-order valence-corrected chi connectivity index (χ1v) is 9.20. The Morgan fingerprint density at radius 1 is 0.967 bits per heavy atom. The number of benzene rings is 3. The molecule has 5 N–H and O–H groups in total. The summed E-state index contributed by atoms with van der Waals surface area (Å²) in [6.45, 7) is 0.300. The number of carbonyl (C=O) groups is 2. The van der Waals surface area contributed by atoms with Crippen molar-refractivity contribution in [2.24, 2.45) is 5.73 Å². The van der Waals surface area contributed by atoms with Crippen molar-refractivity contribution < 1.29 is 14.7 Å². The molecule has 150 valence electrons. The zero-order valence-corrected chi connectivity index (χ0v) is 15.9. The number of fused-ring (bicyclic) bond motifs is 1. The summed E-state index contributed by atoms with van der Waals surface area (Å²) < 4.78 is 1.47. The summed E-state index contributed by atoms with van der Waals surface area (Å²) >= 11 is 0. The zero-order valence-electron chi connectivity index (χ0n) is 15.9. The van der Waals surface area contributed by atoms with Crippen LogP contribution in [0.2, 0.25) is 0 Å². The lowest BCUT2D eigenvalue weighted by molar-refractivity contribution is 0.0989. The van der Waals surface area contributed by atoms with Crippen molar-refractivity contribution in [2.75, 3.05) is 10.6 Å². The summed E-state index contributed by atoms with van der Waals surface area (Å²) in [5.74, 6) is -1.15. The summed E-state index contributed by atoms with van der Waals surface area (Å²) in [6.07, 6.45) is 1.35. The van der Waals surface area contributed by atoms with Crippen LogP contribution in [0.4, 0.5) is 16.2 Å². The van der Waals surface area contributed by atoms with Crippen molar-refractivity contribution in [3.63, 3.8) is 0 Å². The summed E-state index contributed by atoms with van der Waals surface area (Å²) in [4.78, 5) is 27.6. The Bertz CT molecular complexity index is 1230. The van der Waals surface area contributed by atoms with Gasteiger partial charge >= 0.3 is 6.03 Å². The number of nitrogens with zero attached hydrogens (tertiary/aromatic N) is 2. The molecule has 0 radical (unpaired) electrons. The Morgan fingerprint density at radius 3 is 2.47 bits per heavy atom. The number of carbonyl (C=O) groups excluding carboxylic acids is 2. The standard InChI is InChI=1S/C22H19N5O3/c23-20(28)19-21(29)24-13-27(19)12-14-8-10-16(11-9-14)25-22(30)26-18-7-3-5-15-4-1-2-6-17(15)18/h1-11,13,29H,12H2,(H2,23,28)(H2,25,26,30). The highest BCUT2D eigenvalue weighted by Crippen LogP contribution is 2.23. The van der Waals surface area contributed by atoms with E-state index in [1.807, 2.05) is 42.5 Å². The molecule has 0 saturated heterocycles. The summed E-state index contributed by atoms with van der Waals surface area (Å²) in [5.41, 5.74) is 7.40. The van der Waals surface area contributed by atoms with E-state index in [1.165, 1.54) is 10.9 Å². The normalized spacial score (nSPS) is 10.7. The van der Waals surface area contributed by atoms with Gasteiger partial charge in [-0.2, -0.15) is 0 Å².